The normalized spacial score (nSPS) is 17.6. The smallest absolute Gasteiger partial charge is 0.363 e. The summed E-state index contributed by atoms with van der Waals surface area (Å²) in [5.74, 6) is -0.153. The summed E-state index contributed by atoms with van der Waals surface area (Å²) in [6, 6.07) is 17.3. The third-order valence-electron chi connectivity index (χ3n) is 5.76. The summed E-state index contributed by atoms with van der Waals surface area (Å²) in [6.07, 6.45) is -3.59. The van der Waals surface area contributed by atoms with Crippen LogP contribution in [0.5, 0.6) is 0 Å². The molecule has 10 heteroatoms. The molecule has 3 heterocycles. The minimum absolute atomic E-state index is 0.0216. The molecule has 34 heavy (non-hydrogen) atoms. The van der Waals surface area contributed by atoms with Gasteiger partial charge >= 0.3 is 6.18 Å². The van der Waals surface area contributed by atoms with Gasteiger partial charge in [0.25, 0.3) is 5.91 Å². The maximum Gasteiger partial charge on any atom is 0.410 e. The van der Waals surface area contributed by atoms with Gasteiger partial charge in [0, 0.05) is 12.5 Å². The van der Waals surface area contributed by atoms with Gasteiger partial charge in [-0.15, -0.1) is 0 Å². The summed E-state index contributed by atoms with van der Waals surface area (Å²) in [5, 5.41) is 14.2. The molecule has 2 N–H and O–H groups in total. The van der Waals surface area contributed by atoms with Crippen LogP contribution in [-0.2, 0) is 0 Å². The number of hydrogen-bond donors (Lipinski definition) is 2. The maximum atomic E-state index is 13.9. The number of fused-ring (bicyclic) bond motifs is 1. The van der Waals surface area contributed by atoms with Crippen molar-refractivity contribution in [3.05, 3.63) is 89.7 Å². The molecule has 0 saturated heterocycles. The Labute approximate surface area is 193 Å². The van der Waals surface area contributed by atoms with Crippen molar-refractivity contribution in [2.75, 3.05) is 10.6 Å². The van der Waals surface area contributed by atoms with Crippen LogP contribution < -0.4 is 10.6 Å². The molecule has 7 nitrogen and oxygen atoms in total. The predicted molar refractivity (Wildman–Crippen MR) is 121 cm³/mol. The molecule has 0 aliphatic carbocycles. The SMILES string of the molecule is Cc1cc(NC(=O)c2cnn3c2N[C@@H](c2ccccc2)C[C@@H]3C(F)(F)F)n(-c2ccccc2)n1. The van der Waals surface area contributed by atoms with Crippen LogP contribution in [0.15, 0.2) is 72.9 Å². The molecule has 5 rings (SSSR count). The highest BCUT2D eigenvalue weighted by atomic mass is 19.4. The predicted octanol–water partition coefficient (Wildman–Crippen LogP) is 5.29. The number of nitrogens with one attached hydrogen (secondary N) is 2. The van der Waals surface area contributed by atoms with Gasteiger partial charge in [-0.1, -0.05) is 48.5 Å². The Kier molecular flexibility index (Phi) is 5.35. The summed E-state index contributed by atoms with van der Waals surface area (Å²) in [7, 11) is 0. The highest BCUT2D eigenvalue weighted by molar-refractivity contribution is 6.07. The summed E-state index contributed by atoms with van der Waals surface area (Å²) in [5.41, 5.74) is 2.14. The first-order chi connectivity index (χ1) is 16.3. The molecule has 1 amide bonds. The number of amides is 1. The average Bonchev–Trinajstić information content (AvgIpc) is 3.42. The highest BCUT2D eigenvalue weighted by Gasteiger charge is 2.47. The van der Waals surface area contributed by atoms with Gasteiger partial charge in [-0.05, 0) is 24.6 Å². The molecular formula is C24H21F3N6O. The molecule has 2 aromatic carbocycles. The zero-order valence-corrected chi connectivity index (χ0v) is 18.1. The second kappa shape index (κ2) is 8.36. The molecule has 4 aromatic rings. The van der Waals surface area contributed by atoms with Gasteiger partial charge in [-0.25, -0.2) is 9.36 Å². The van der Waals surface area contributed by atoms with E-state index in [-0.39, 0.29) is 17.8 Å². The number of aromatic nitrogens is 4. The Morgan fingerprint density at radius 3 is 2.44 bits per heavy atom. The number of hydrogen-bond acceptors (Lipinski definition) is 4. The third kappa shape index (κ3) is 4.02. The van der Waals surface area contributed by atoms with E-state index in [2.05, 4.69) is 20.8 Å². The van der Waals surface area contributed by atoms with Crippen molar-refractivity contribution >= 4 is 17.5 Å². The second-order valence-corrected chi connectivity index (χ2v) is 8.12. The number of benzene rings is 2. The lowest BCUT2D eigenvalue weighted by Gasteiger charge is -2.34. The number of carbonyl (C=O) groups is 1. The van der Waals surface area contributed by atoms with Gasteiger partial charge < -0.3 is 10.6 Å². The van der Waals surface area contributed by atoms with E-state index in [0.717, 1.165) is 10.4 Å². The number of alkyl halides is 3. The minimum Gasteiger partial charge on any atom is -0.363 e. The largest absolute Gasteiger partial charge is 0.410 e. The molecule has 2 atom stereocenters. The van der Waals surface area contributed by atoms with Crippen molar-refractivity contribution in [3.8, 4) is 5.69 Å². The van der Waals surface area contributed by atoms with Crippen molar-refractivity contribution < 1.29 is 18.0 Å². The lowest BCUT2D eigenvalue weighted by atomic mass is 9.96. The Bertz CT molecular complexity index is 1310. The number of rotatable bonds is 4. The van der Waals surface area contributed by atoms with Gasteiger partial charge in [0.2, 0.25) is 0 Å². The number of carbonyl (C=O) groups excluding carboxylic acids is 1. The first kappa shape index (κ1) is 21.7. The van der Waals surface area contributed by atoms with E-state index in [0.29, 0.717) is 17.1 Å². The first-order valence-electron chi connectivity index (χ1n) is 10.7. The fourth-order valence-corrected chi connectivity index (χ4v) is 4.17. The lowest BCUT2D eigenvalue weighted by molar-refractivity contribution is -0.173. The van der Waals surface area contributed by atoms with Crippen molar-refractivity contribution in [1.82, 2.24) is 19.6 Å². The van der Waals surface area contributed by atoms with Gasteiger partial charge in [0.05, 0.1) is 23.6 Å². The van der Waals surface area contributed by atoms with Crippen LogP contribution in [0.1, 0.15) is 40.1 Å². The fraction of sp³-hybridized carbons (Fsp3) is 0.208. The van der Waals surface area contributed by atoms with Gasteiger partial charge in [0.15, 0.2) is 6.04 Å². The molecule has 0 fully saturated rings. The molecule has 2 aromatic heterocycles. The molecule has 0 radical (unpaired) electrons. The number of anilines is 2. The molecule has 0 bridgehead atoms. The minimum atomic E-state index is -4.52. The van der Waals surface area contributed by atoms with Crippen LogP contribution in [0.25, 0.3) is 5.69 Å². The number of para-hydroxylation sites is 1. The summed E-state index contributed by atoms with van der Waals surface area (Å²) < 4.78 is 44.2. The van der Waals surface area contributed by atoms with Gasteiger partial charge in [0.1, 0.15) is 17.2 Å². The maximum absolute atomic E-state index is 13.9. The second-order valence-electron chi connectivity index (χ2n) is 8.12. The third-order valence-corrected chi connectivity index (χ3v) is 5.76. The monoisotopic (exact) mass is 466 g/mol. The fourth-order valence-electron chi connectivity index (χ4n) is 4.17. The Balaban J connectivity index is 1.49. The molecule has 1 aliphatic rings. The van der Waals surface area contributed by atoms with E-state index in [1.807, 2.05) is 30.3 Å². The highest BCUT2D eigenvalue weighted by Crippen LogP contribution is 2.44. The van der Waals surface area contributed by atoms with Crippen LogP contribution in [0.2, 0.25) is 0 Å². The average molecular weight is 466 g/mol. The molecular weight excluding hydrogens is 445 g/mol. The Hall–Kier alpha value is -4.08. The van der Waals surface area contributed by atoms with Crippen molar-refractivity contribution in [3.63, 3.8) is 0 Å². The van der Waals surface area contributed by atoms with Crippen LogP contribution in [-0.4, -0.2) is 31.6 Å². The Morgan fingerprint density at radius 2 is 1.76 bits per heavy atom. The van der Waals surface area contributed by atoms with Crippen molar-refractivity contribution in [2.45, 2.75) is 31.6 Å². The van der Waals surface area contributed by atoms with E-state index in [1.165, 1.54) is 6.20 Å². The molecule has 0 saturated carbocycles. The van der Waals surface area contributed by atoms with Gasteiger partial charge in [-0.3, -0.25) is 4.79 Å². The van der Waals surface area contributed by atoms with Crippen molar-refractivity contribution in [2.24, 2.45) is 0 Å². The topological polar surface area (TPSA) is 76.8 Å². The molecule has 1 aliphatic heterocycles. The summed E-state index contributed by atoms with van der Waals surface area (Å²) in [6.45, 7) is 1.79. The number of aryl methyl sites for hydroxylation is 1. The quantitative estimate of drug-likeness (QED) is 0.429. The zero-order chi connectivity index (χ0) is 23.9. The standard InChI is InChI=1S/C24H21F3N6O/c1-15-12-21(32(31-15)17-10-6-3-7-11-17)30-23(34)18-14-28-33-20(24(25,26)27)13-19(29-22(18)33)16-8-4-2-5-9-16/h2-12,14,19-20,29H,13H2,1H3,(H,30,34)/t19-,20-/m1/s1. The van der Waals surface area contributed by atoms with E-state index in [1.54, 1.807) is 48.0 Å². The van der Waals surface area contributed by atoms with Crippen LogP contribution in [0.3, 0.4) is 0 Å². The zero-order valence-electron chi connectivity index (χ0n) is 18.1. The molecule has 0 unspecified atom stereocenters. The van der Waals surface area contributed by atoms with E-state index in [4.69, 9.17) is 0 Å². The molecule has 0 spiro atoms. The lowest BCUT2D eigenvalue weighted by Crippen LogP contribution is -2.36. The number of halogens is 3. The van der Waals surface area contributed by atoms with E-state index in [9.17, 15) is 18.0 Å². The van der Waals surface area contributed by atoms with E-state index >= 15 is 0 Å². The van der Waals surface area contributed by atoms with Crippen LogP contribution in [0.4, 0.5) is 24.8 Å². The van der Waals surface area contributed by atoms with Crippen LogP contribution >= 0.6 is 0 Å². The molecule has 174 valence electrons. The van der Waals surface area contributed by atoms with Crippen LogP contribution in [0, 0.1) is 6.92 Å². The van der Waals surface area contributed by atoms with E-state index < -0.39 is 24.2 Å². The Morgan fingerprint density at radius 1 is 1.09 bits per heavy atom. The van der Waals surface area contributed by atoms with Crippen molar-refractivity contribution in [1.29, 1.82) is 0 Å². The first-order valence-corrected chi connectivity index (χ1v) is 10.7. The van der Waals surface area contributed by atoms with Gasteiger partial charge in [-0.2, -0.15) is 23.4 Å². The summed E-state index contributed by atoms with van der Waals surface area (Å²) >= 11 is 0. The number of nitrogens with zero attached hydrogens (tertiary/aromatic N) is 4. The summed E-state index contributed by atoms with van der Waals surface area (Å²) in [4.78, 5) is 13.2.